The van der Waals surface area contributed by atoms with Crippen molar-refractivity contribution in [2.45, 2.75) is 38.0 Å². The lowest BCUT2D eigenvalue weighted by molar-refractivity contribution is -0.138. The highest BCUT2D eigenvalue weighted by Gasteiger charge is 2.63. The van der Waals surface area contributed by atoms with Crippen molar-refractivity contribution >= 4 is 17.5 Å². The number of nitrogens with one attached hydrogen (secondary N) is 1. The molecule has 1 aliphatic heterocycles. The number of carbonyl (C=O) groups is 1. The van der Waals surface area contributed by atoms with Crippen LogP contribution in [-0.4, -0.2) is 41.5 Å². The fourth-order valence-electron chi connectivity index (χ4n) is 5.56. The first-order chi connectivity index (χ1) is 18.1. The number of pyridine rings is 1. The highest BCUT2D eigenvalue weighted by Crippen LogP contribution is 2.66. The number of anilines is 2. The van der Waals surface area contributed by atoms with Gasteiger partial charge in [0.25, 0.3) is 5.91 Å². The van der Waals surface area contributed by atoms with Crippen LogP contribution < -0.4 is 10.2 Å². The van der Waals surface area contributed by atoms with Gasteiger partial charge in [0.2, 0.25) is 0 Å². The summed E-state index contributed by atoms with van der Waals surface area (Å²) in [5.74, 6) is 0.941. The zero-order chi connectivity index (χ0) is 26.4. The molecule has 12 heteroatoms. The summed E-state index contributed by atoms with van der Waals surface area (Å²) in [6, 6.07) is 7.63. The van der Waals surface area contributed by atoms with Crippen molar-refractivity contribution in [2.24, 2.45) is 19.5 Å². The number of nitrogens with zero attached hydrogens (tertiary/aromatic N) is 7. The van der Waals surface area contributed by atoms with Gasteiger partial charge in [0.1, 0.15) is 18.0 Å². The van der Waals surface area contributed by atoms with Crippen molar-refractivity contribution in [1.29, 1.82) is 0 Å². The van der Waals surface area contributed by atoms with Gasteiger partial charge in [0.05, 0.1) is 29.6 Å². The minimum Gasteiger partial charge on any atom is -0.367 e. The number of fused-ring (bicyclic) bond motifs is 1. The molecule has 0 saturated heterocycles. The second kappa shape index (κ2) is 7.65. The second-order valence-electron chi connectivity index (χ2n) is 10.4. The first kappa shape index (κ1) is 22.9. The van der Waals surface area contributed by atoms with E-state index < -0.39 is 17.6 Å². The number of aryl methyl sites for hydroxylation is 2. The average Bonchev–Trinajstić information content (AvgIpc) is 3.61. The van der Waals surface area contributed by atoms with Crippen LogP contribution in [0.5, 0.6) is 0 Å². The maximum Gasteiger partial charge on any atom is 0.416 e. The van der Waals surface area contributed by atoms with Crippen LogP contribution in [0.2, 0.25) is 0 Å². The molecule has 3 aliphatic rings. The minimum atomic E-state index is -4.56. The van der Waals surface area contributed by atoms with Crippen LogP contribution in [0, 0.1) is 5.41 Å². The van der Waals surface area contributed by atoms with Crippen molar-refractivity contribution in [3.63, 3.8) is 0 Å². The maximum absolute atomic E-state index is 13.7. The van der Waals surface area contributed by atoms with Gasteiger partial charge in [0, 0.05) is 31.3 Å². The summed E-state index contributed by atoms with van der Waals surface area (Å²) in [4.78, 5) is 19.4. The molecule has 2 fully saturated rings. The Bertz CT molecular complexity index is 1620. The summed E-state index contributed by atoms with van der Waals surface area (Å²) < 4.78 is 44.6. The molecule has 0 radical (unpaired) electrons. The quantitative estimate of drug-likeness (QED) is 0.419. The van der Waals surface area contributed by atoms with E-state index in [1.807, 2.05) is 13.1 Å². The van der Waals surface area contributed by atoms with Crippen LogP contribution >= 0.6 is 0 Å². The van der Waals surface area contributed by atoms with E-state index >= 15 is 0 Å². The van der Waals surface area contributed by atoms with Crippen LogP contribution in [0.4, 0.5) is 24.8 Å². The van der Waals surface area contributed by atoms with Gasteiger partial charge >= 0.3 is 6.18 Å². The molecule has 2 aliphatic carbocycles. The highest BCUT2D eigenvalue weighted by molar-refractivity contribution is 6.10. The van der Waals surface area contributed by atoms with Gasteiger partial charge < -0.3 is 9.88 Å². The van der Waals surface area contributed by atoms with E-state index in [0.29, 0.717) is 28.7 Å². The van der Waals surface area contributed by atoms with Gasteiger partial charge in [-0.2, -0.15) is 18.3 Å². The first-order valence-corrected chi connectivity index (χ1v) is 12.3. The summed E-state index contributed by atoms with van der Waals surface area (Å²) in [5, 5.41) is 16.1. The number of rotatable bonds is 5. The fraction of sp³-hybridized carbons (Fsp3) is 0.346. The van der Waals surface area contributed by atoms with Crippen molar-refractivity contribution < 1.29 is 18.0 Å². The molecule has 1 atom stereocenters. The normalized spacial score (nSPS) is 19.2. The second-order valence-corrected chi connectivity index (χ2v) is 10.4. The lowest BCUT2D eigenvalue weighted by Crippen LogP contribution is -2.24. The zero-order valence-corrected chi connectivity index (χ0v) is 20.6. The molecule has 1 spiro atoms. The van der Waals surface area contributed by atoms with E-state index in [4.69, 9.17) is 4.98 Å². The van der Waals surface area contributed by atoms with Crippen molar-refractivity contribution in [2.75, 3.05) is 10.2 Å². The number of benzene rings is 1. The van der Waals surface area contributed by atoms with Gasteiger partial charge in [0.15, 0.2) is 5.82 Å². The molecule has 194 valence electrons. The van der Waals surface area contributed by atoms with Crippen molar-refractivity contribution in [1.82, 2.24) is 29.5 Å². The number of alkyl halides is 3. The molecule has 3 aromatic heterocycles. The molecule has 1 amide bonds. The van der Waals surface area contributed by atoms with Gasteiger partial charge in [-0.1, -0.05) is 6.07 Å². The zero-order valence-electron chi connectivity index (χ0n) is 20.6. The molecule has 0 bridgehead atoms. The predicted molar refractivity (Wildman–Crippen MR) is 132 cm³/mol. The molecular formula is C26H23F3N8O. The van der Waals surface area contributed by atoms with E-state index in [9.17, 15) is 18.0 Å². The largest absolute Gasteiger partial charge is 0.416 e. The number of carbonyl (C=O) groups excluding carboxylic acids is 1. The van der Waals surface area contributed by atoms with E-state index in [1.54, 1.807) is 34.9 Å². The Labute approximate surface area is 215 Å². The minimum absolute atomic E-state index is 0.0360. The number of aromatic nitrogens is 6. The van der Waals surface area contributed by atoms with E-state index in [2.05, 4.69) is 20.6 Å². The van der Waals surface area contributed by atoms with Crippen LogP contribution in [0.15, 0.2) is 42.9 Å². The Morgan fingerprint density at radius 3 is 2.63 bits per heavy atom. The van der Waals surface area contributed by atoms with E-state index in [1.165, 1.54) is 29.9 Å². The molecule has 1 aromatic carbocycles. The molecular weight excluding hydrogens is 497 g/mol. The van der Waals surface area contributed by atoms with Crippen LogP contribution in [0.3, 0.4) is 0 Å². The van der Waals surface area contributed by atoms with E-state index in [-0.39, 0.29) is 23.5 Å². The summed E-state index contributed by atoms with van der Waals surface area (Å²) in [5.41, 5.74) is 1.72. The predicted octanol–water partition coefficient (Wildman–Crippen LogP) is 4.42. The summed E-state index contributed by atoms with van der Waals surface area (Å²) >= 11 is 0. The highest BCUT2D eigenvalue weighted by atomic mass is 19.4. The molecule has 1 N–H and O–H groups in total. The molecule has 9 nitrogen and oxygen atoms in total. The molecule has 38 heavy (non-hydrogen) atoms. The third-order valence-electron chi connectivity index (χ3n) is 7.93. The summed E-state index contributed by atoms with van der Waals surface area (Å²) in [7, 11) is 3.63. The number of hydrogen-bond donors (Lipinski definition) is 1. The van der Waals surface area contributed by atoms with Crippen LogP contribution in [-0.2, 0) is 26.8 Å². The molecule has 4 heterocycles. The van der Waals surface area contributed by atoms with Crippen molar-refractivity contribution in [3.8, 4) is 22.6 Å². The average molecular weight is 521 g/mol. The van der Waals surface area contributed by atoms with Crippen LogP contribution in [0.25, 0.3) is 22.6 Å². The molecule has 7 rings (SSSR count). The third kappa shape index (κ3) is 3.50. The Balaban J connectivity index is 1.34. The number of amides is 1. The standard InChI is InChI=1S/C26H23F3N8O/c1-35-13-30-34-23(35)16-11-31-36(2)22(16)14-8-20(32-19-10-25(19)6-7-25)33-21(9-14)37-12-17-15(24(37)38)4-3-5-18(17)26(27,28)29/h3-5,8-9,11,13,19H,6-7,10,12H2,1-2H3,(H,32,33). The summed E-state index contributed by atoms with van der Waals surface area (Å²) in [6.45, 7) is -0.214. The number of hydrogen-bond acceptors (Lipinski definition) is 6. The fourth-order valence-corrected chi connectivity index (χ4v) is 5.56. The van der Waals surface area contributed by atoms with Gasteiger partial charge in [-0.3, -0.25) is 14.4 Å². The molecule has 2 saturated carbocycles. The Morgan fingerprint density at radius 1 is 1.13 bits per heavy atom. The maximum atomic E-state index is 13.7. The monoisotopic (exact) mass is 520 g/mol. The topological polar surface area (TPSA) is 93.8 Å². The number of halogens is 3. The Hall–Kier alpha value is -4.22. The lowest BCUT2D eigenvalue weighted by atomic mass is 10.0. The summed E-state index contributed by atoms with van der Waals surface area (Å²) in [6.07, 6.45) is 2.14. The van der Waals surface area contributed by atoms with Gasteiger partial charge in [-0.25, -0.2) is 4.98 Å². The Morgan fingerprint density at radius 2 is 1.95 bits per heavy atom. The smallest absolute Gasteiger partial charge is 0.367 e. The molecule has 4 aromatic rings. The van der Waals surface area contributed by atoms with Crippen LogP contribution in [0.1, 0.15) is 40.7 Å². The first-order valence-electron chi connectivity index (χ1n) is 12.3. The van der Waals surface area contributed by atoms with Crippen molar-refractivity contribution in [3.05, 3.63) is 59.5 Å². The third-order valence-corrected chi connectivity index (χ3v) is 7.93. The van der Waals surface area contributed by atoms with Gasteiger partial charge in [-0.15, -0.1) is 10.2 Å². The Kier molecular flexibility index (Phi) is 4.62. The van der Waals surface area contributed by atoms with E-state index in [0.717, 1.165) is 23.7 Å². The molecule has 1 unspecified atom stereocenters. The lowest BCUT2D eigenvalue weighted by Gasteiger charge is -2.19. The SMILES string of the molecule is Cn1cnnc1-c1cnn(C)c1-c1cc(NC2CC23CC3)nc(N2Cc3c(cccc3C(F)(F)F)C2=O)c1. The van der Waals surface area contributed by atoms with Gasteiger partial charge in [-0.05, 0) is 54.5 Å².